The van der Waals surface area contributed by atoms with E-state index in [9.17, 15) is 13.2 Å². The van der Waals surface area contributed by atoms with Gasteiger partial charge in [-0.1, -0.05) is 32.9 Å². The van der Waals surface area contributed by atoms with Crippen LogP contribution in [0.1, 0.15) is 42.4 Å². The number of sulfone groups is 1. The molecule has 2 heterocycles. The zero-order valence-electron chi connectivity index (χ0n) is 16.7. The molecule has 0 aliphatic carbocycles. The summed E-state index contributed by atoms with van der Waals surface area (Å²) < 4.78 is 24.6. The van der Waals surface area contributed by atoms with Gasteiger partial charge in [0.2, 0.25) is 0 Å². The summed E-state index contributed by atoms with van der Waals surface area (Å²) in [4.78, 5) is 21.3. The Kier molecular flexibility index (Phi) is 5.52. The largest absolute Gasteiger partial charge is 0.306 e. The third-order valence-corrected chi connectivity index (χ3v) is 4.94. The van der Waals surface area contributed by atoms with E-state index in [0.717, 1.165) is 11.9 Å². The number of anilines is 1. The Bertz CT molecular complexity index is 1130. The number of nitrogens with one attached hydrogen (secondary N) is 1. The molecular weight excluding hydrogens is 390 g/mol. The van der Waals surface area contributed by atoms with Crippen molar-refractivity contribution in [3.63, 3.8) is 0 Å². The fourth-order valence-corrected chi connectivity index (χ4v) is 3.47. The van der Waals surface area contributed by atoms with Crippen LogP contribution >= 0.6 is 0 Å². The van der Waals surface area contributed by atoms with Crippen LogP contribution in [-0.2, 0) is 21.0 Å². The van der Waals surface area contributed by atoms with E-state index in [1.54, 1.807) is 48.8 Å². The molecule has 0 aliphatic heterocycles. The number of nitrogens with zero attached hydrogens (tertiary/aromatic N) is 4. The molecule has 0 saturated heterocycles. The topological polar surface area (TPSA) is 107 Å². The van der Waals surface area contributed by atoms with E-state index in [0.29, 0.717) is 22.9 Å². The van der Waals surface area contributed by atoms with E-state index < -0.39 is 9.84 Å². The Morgan fingerprint density at radius 2 is 1.79 bits per heavy atom. The minimum atomic E-state index is -3.20. The van der Waals surface area contributed by atoms with Crippen LogP contribution in [0.25, 0.3) is 5.95 Å². The normalized spacial score (nSPS) is 12.0. The second-order valence-corrected chi connectivity index (χ2v) is 9.99. The highest BCUT2D eigenvalue weighted by molar-refractivity contribution is 7.89. The van der Waals surface area contributed by atoms with Crippen molar-refractivity contribution in [3.8, 4) is 5.95 Å². The summed E-state index contributed by atoms with van der Waals surface area (Å²) in [6.07, 6.45) is 4.36. The van der Waals surface area contributed by atoms with Crippen molar-refractivity contribution >= 4 is 21.6 Å². The summed E-state index contributed by atoms with van der Waals surface area (Å²) in [5, 5.41) is 7.40. The van der Waals surface area contributed by atoms with Crippen LogP contribution in [0.15, 0.2) is 48.8 Å². The highest BCUT2D eigenvalue weighted by atomic mass is 32.2. The second-order valence-electron chi connectivity index (χ2n) is 7.85. The van der Waals surface area contributed by atoms with Gasteiger partial charge in [0.15, 0.2) is 9.84 Å². The number of benzene rings is 1. The molecule has 1 amide bonds. The lowest BCUT2D eigenvalue weighted by molar-refractivity contribution is 0.102. The van der Waals surface area contributed by atoms with E-state index in [1.165, 1.54) is 4.68 Å². The number of carbonyl (C=O) groups is 1. The molecule has 152 valence electrons. The third kappa shape index (κ3) is 5.26. The van der Waals surface area contributed by atoms with Crippen LogP contribution < -0.4 is 5.32 Å². The predicted octanol–water partition coefficient (Wildman–Crippen LogP) is 2.76. The molecule has 3 rings (SSSR count). The molecule has 3 aromatic rings. The van der Waals surface area contributed by atoms with E-state index in [-0.39, 0.29) is 17.1 Å². The summed E-state index contributed by atoms with van der Waals surface area (Å²) in [5.41, 5.74) is 1.43. The van der Waals surface area contributed by atoms with E-state index >= 15 is 0 Å². The van der Waals surface area contributed by atoms with Gasteiger partial charge in [-0.25, -0.2) is 18.4 Å². The van der Waals surface area contributed by atoms with Gasteiger partial charge in [-0.15, -0.1) is 0 Å². The van der Waals surface area contributed by atoms with Gasteiger partial charge in [-0.2, -0.15) is 9.78 Å². The average Bonchev–Trinajstić information content (AvgIpc) is 3.05. The molecule has 0 radical (unpaired) electrons. The summed E-state index contributed by atoms with van der Waals surface area (Å²) in [7, 11) is -3.20. The van der Waals surface area contributed by atoms with E-state index in [4.69, 9.17) is 0 Å². The molecule has 0 unspecified atom stereocenters. The Labute approximate surface area is 169 Å². The number of hydrogen-bond acceptors (Lipinski definition) is 6. The van der Waals surface area contributed by atoms with E-state index in [2.05, 4.69) is 20.4 Å². The maximum Gasteiger partial charge on any atom is 0.256 e. The Morgan fingerprint density at radius 3 is 2.41 bits per heavy atom. The molecule has 8 nitrogen and oxygen atoms in total. The summed E-state index contributed by atoms with van der Waals surface area (Å²) >= 11 is 0. The first kappa shape index (κ1) is 20.7. The smallest absolute Gasteiger partial charge is 0.256 e. The molecule has 0 atom stereocenters. The fourth-order valence-electron chi connectivity index (χ4n) is 2.68. The van der Waals surface area contributed by atoms with Crippen molar-refractivity contribution in [2.24, 2.45) is 0 Å². The molecule has 9 heteroatoms. The predicted molar refractivity (Wildman–Crippen MR) is 111 cm³/mol. The highest BCUT2D eigenvalue weighted by Crippen LogP contribution is 2.25. The number of amides is 1. The molecule has 0 aliphatic rings. The lowest BCUT2D eigenvalue weighted by Crippen LogP contribution is -2.16. The van der Waals surface area contributed by atoms with Gasteiger partial charge in [0.05, 0.1) is 11.4 Å². The lowest BCUT2D eigenvalue weighted by Gasteiger charge is -2.13. The first-order valence-corrected chi connectivity index (χ1v) is 11.0. The van der Waals surface area contributed by atoms with Crippen LogP contribution in [0.3, 0.4) is 0 Å². The highest BCUT2D eigenvalue weighted by Gasteiger charge is 2.22. The second kappa shape index (κ2) is 7.75. The van der Waals surface area contributed by atoms with Gasteiger partial charge >= 0.3 is 0 Å². The van der Waals surface area contributed by atoms with Crippen LogP contribution in [-0.4, -0.2) is 40.3 Å². The van der Waals surface area contributed by atoms with Gasteiger partial charge < -0.3 is 5.32 Å². The third-order valence-electron chi connectivity index (χ3n) is 4.08. The first-order chi connectivity index (χ1) is 13.5. The van der Waals surface area contributed by atoms with Gasteiger partial charge in [-0.05, 0) is 23.8 Å². The monoisotopic (exact) mass is 413 g/mol. The zero-order chi connectivity index (χ0) is 21.2. The maximum atomic E-state index is 12.8. The molecule has 0 saturated carbocycles. The minimum absolute atomic E-state index is 0.127. The summed E-state index contributed by atoms with van der Waals surface area (Å²) in [6, 6.07) is 10.0. The van der Waals surface area contributed by atoms with Crippen molar-refractivity contribution in [1.29, 1.82) is 0 Å². The number of carbonyl (C=O) groups excluding carboxylic acids is 1. The number of hydrogen-bond donors (Lipinski definition) is 1. The summed E-state index contributed by atoms with van der Waals surface area (Å²) in [6.45, 7) is 6.06. The van der Waals surface area contributed by atoms with Crippen LogP contribution in [0, 0.1) is 0 Å². The maximum absolute atomic E-state index is 12.8. The average molecular weight is 414 g/mol. The molecular formula is C20H23N5O3S. The van der Waals surface area contributed by atoms with Crippen molar-refractivity contribution in [2.45, 2.75) is 31.9 Å². The van der Waals surface area contributed by atoms with Gasteiger partial charge in [0, 0.05) is 35.7 Å². The number of rotatable bonds is 5. The van der Waals surface area contributed by atoms with Crippen molar-refractivity contribution in [3.05, 3.63) is 65.6 Å². The zero-order valence-corrected chi connectivity index (χ0v) is 17.6. The Morgan fingerprint density at radius 1 is 1.10 bits per heavy atom. The van der Waals surface area contributed by atoms with E-state index in [1.807, 2.05) is 20.8 Å². The SMILES string of the molecule is CC(C)(C)c1cc(NC(=O)c2cccc(CS(C)(=O)=O)c2)n(-c2ncccn2)n1. The van der Waals surface area contributed by atoms with Crippen molar-refractivity contribution < 1.29 is 13.2 Å². The quantitative estimate of drug-likeness (QED) is 0.689. The Balaban J connectivity index is 1.94. The van der Waals surface area contributed by atoms with Gasteiger partial charge in [0.25, 0.3) is 11.9 Å². The summed E-state index contributed by atoms with van der Waals surface area (Å²) in [5.74, 6) is 0.264. The molecule has 0 spiro atoms. The molecule has 0 bridgehead atoms. The standard InChI is InChI=1S/C20H23N5O3S/c1-20(2,3)16-12-17(25(24-16)19-21-9-6-10-22-19)23-18(26)15-8-5-7-14(11-15)13-29(4,27)28/h5-12H,13H2,1-4H3,(H,23,26). The van der Waals surface area contributed by atoms with Crippen LogP contribution in [0.4, 0.5) is 5.82 Å². The van der Waals surface area contributed by atoms with Crippen molar-refractivity contribution in [2.75, 3.05) is 11.6 Å². The van der Waals surface area contributed by atoms with Crippen LogP contribution in [0.5, 0.6) is 0 Å². The van der Waals surface area contributed by atoms with Gasteiger partial charge in [0.1, 0.15) is 5.82 Å². The molecule has 2 aromatic heterocycles. The molecule has 1 N–H and O–H groups in total. The fraction of sp³-hybridized carbons (Fsp3) is 0.300. The molecule has 0 fully saturated rings. The van der Waals surface area contributed by atoms with Gasteiger partial charge in [-0.3, -0.25) is 4.79 Å². The minimum Gasteiger partial charge on any atom is -0.306 e. The van der Waals surface area contributed by atoms with Crippen molar-refractivity contribution in [1.82, 2.24) is 19.7 Å². The number of aromatic nitrogens is 4. The molecule has 29 heavy (non-hydrogen) atoms. The first-order valence-electron chi connectivity index (χ1n) is 8.99. The van der Waals surface area contributed by atoms with Crippen LogP contribution in [0.2, 0.25) is 0 Å². The Hall–Kier alpha value is -3.07. The lowest BCUT2D eigenvalue weighted by atomic mass is 9.92. The molecule has 1 aromatic carbocycles.